The van der Waals surface area contributed by atoms with E-state index in [2.05, 4.69) is 0 Å². The molecule has 0 radical (unpaired) electrons. The summed E-state index contributed by atoms with van der Waals surface area (Å²) in [5.41, 5.74) is 6.00. The zero-order valence-electron chi connectivity index (χ0n) is 9.59. The van der Waals surface area contributed by atoms with Crippen molar-refractivity contribution in [1.29, 1.82) is 0 Å². The molecular formula is C12H16N2O3. The Morgan fingerprint density at radius 1 is 1.29 bits per heavy atom. The molecule has 1 aromatic rings. The van der Waals surface area contributed by atoms with E-state index in [1.54, 1.807) is 12.1 Å². The van der Waals surface area contributed by atoms with Crippen LogP contribution in [0.2, 0.25) is 0 Å². The summed E-state index contributed by atoms with van der Waals surface area (Å²) in [6.07, 6.45) is 4.28. The Labute approximate surface area is 99.7 Å². The van der Waals surface area contributed by atoms with E-state index in [9.17, 15) is 10.1 Å². The molecule has 0 aliphatic heterocycles. The Balaban J connectivity index is 1.93. The largest absolute Gasteiger partial charge is 0.492 e. The normalized spacial score (nSPS) is 17.9. The van der Waals surface area contributed by atoms with Crippen molar-refractivity contribution in [2.24, 2.45) is 5.73 Å². The molecule has 0 aromatic heterocycles. The molecule has 2 N–H and O–H groups in total. The predicted octanol–water partition coefficient (Wildman–Crippen LogP) is 2.25. The van der Waals surface area contributed by atoms with Gasteiger partial charge in [-0.15, -0.1) is 0 Å². The highest BCUT2D eigenvalue weighted by atomic mass is 16.6. The Morgan fingerprint density at radius 3 is 2.41 bits per heavy atom. The number of nitro groups is 1. The minimum atomic E-state index is -0.425. The fourth-order valence-electron chi connectivity index (χ4n) is 2.11. The van der Waals surface area contributed by atoms with E-state index in [-0.39, 0.29) is 11.2 Å². The minimum Gasteiger partial charge on any atom is -0.492 e. The number of nitro benzene ring substituents is 1. The molecule has 5 heteroatoms. The average Bonchev–Trinajstić information content (AvgIpc) is 2.75. The van der Waals surface area contributed by atoms with E-state index in [1.165, 1.54) is 12.1 Å². The molecule has 1 aliphatic carbocycles. The molecule has 1 aromatic carbocycles. The number of hydrogen-bond acceptors (Lipinski definition) is 4. The first-order chi connectivity index (χ1) is 8.09. The number of non-ortho nitro benzene ring substituents is 1. The summed E-state index contributed by atoms with van der Waals surface area (Å²) < 4.78 is 5.58. The Kier molecular flexibility index (Phi) is 3.28. The standard InChI is InChI=1S/C12H16N2O3/c13-12(7-1-2-8-12)9-17-11-5-3-10(4-6-11)14(15)16/h3-6H,1-2,7-9,13H2. The third kappa shape index (κ3) is 2.94. The third-order valence-electron chi connectivity index (χ3n) is 3.17. The molecule has 0 spiro atoms. The van der Waals surface area contributed by atoms with Gasteiger partial charge in [0.1, 0.15) is 12.4 Å². The lowest BCUT2D eigenvalue weighted by Gasteiger charge is -2.23. The van der Waals surface area contributed by atoms with Gasteiger partial charge in [0, 0.05) is 12.1 Å². The first-order valence-corrected chi connectivity index (χ1v) is 5.75. The molecular weight excluding hydrogens is 220 g/mol. The van der Waals surface area contributed by atoms with E-state index in [0.29, 0.717) is 12.4 Å². The van der Waals surface area contributed by atoms with Crippen LogP contribution in [0.15, 0.2) is 24.3 Å². The fraction of sp³-hybridized carbons (Fsp3) is 0.500. The lowest BCUT2D eigenvalue weighted by atomic mass is 10.0. The second kappa shape index (κ2) is 4.71. The Morgan fingerprint density at radius 2 is 1.88 bits per heavy atom. The molecule has 0 bridgehead atoms. The van der Waals surface area contributed by atoms with Crippen LogP contribution in [0, 0.1) is 10.1 Å². The SMILES string of the molecule is NC1(COc2ccc([N+](=O)[O-])cc2)CCCC1. The molecule has 0 heterocycles. The van der Waals surface area contributed by atoms with Gasteiger partial charge in [-0.3, -0.25) is 10.1 Å². The summed E-state index contributed by atoms with van der Waals surface area (Å²) >= 11 is 0. The lowest BCUT2D eigenvalue weighted by Crippen LogP contribution is -2.42. The fourth-order valence-corrected chi connectivity index (χ4v) is 2.11. The van der Waals surface area contributed by atoms with Crippen molar-refractivity contribution < 1.29 is 9.66 Å². The van der Waals surface area contributed by atoms with Gasteiger partial charge in [0.25, 0.3) is 5.69 Å². The van der Waals surface area contributed by atoms with Crippen molar-refractivity contribution in [1.82, 2.24) is 0 Å². The van der Waals surface area contributed by atoms with Gasteiger partial charge in [-0.25, -0.2) is 0 Å². The van der Waals surface area contributed by atoms with Gasteiger partial charge in [-0.2, -0.15) is 0 Å². The van der Waals surface area contributed by atoms with Crippen LogP contribution in [-0.2, 0) is 0 Å². The summed E-state index contributed by atoms with van der Waals surface area (Å²) in [5.74, 6) is 0.632. The molecule has 0 atom stereocenters. The molecule has 5 nitrogen and oxygen atoms in total. The summed E-state index contributed by atoms with van der Waals surface area (Å²) in [6, 6.07) is 6.09. The topological polar surface area (TPSA) is 78.4 Å². The van der Waals surface area contributed by atoms with Gasteiger partial charge >= 0.3 is 0 Å². The van der Waals surface area contributed by atoms with Crippen LogP contribution in [0.4, 0.5) is 5.69 Å². The zero-order valence-corrected chi connectivity index (χ0v) is 9.59. The highest BCUT2D eigenvalue weighted by molar-refractivity contribution is 5.36. The van der Waals surface area contributed by atoms with E-state index >= 15 is 0 Å². The number of hydrogen-bond donors (Lipinski definition) is 1. The van der Waals surface area contributed by atoms with Crippen LogP contribution in [0.1, 0.15) is 25.7 Å². The van der Waals surface area contributed by atoms with Crippen molar-refractivity contribution in [3.8, 4) is 5.75 Å². The maximum Gasteiger partial charge on any atom is 0.269 e. The molecule has 1 fully saturated rings. The minimum absolute atomic E-state index is 0.0701. The van der Waals surface area contributed by atoms with Crippen molar-refractivity contribution in [3.05, 3.63) is 34.4 Å². The van der Waals surface area contributed by atoms with Crippen LogP contribution in [0.25, 0.3) is 0 Å². The monoisotopic (exact) mass is 236 g/mol. The number of nitrogens with zero attached hydrogens (tertiary/aromatic N) is 1. The maximum absolute atomic E-state index is 10.5. The molecule has 1 saturated carbocycles. The Bertz CT molecular complexity index is 397. The number of nitrogens with two attached hydrogens (primary N) is 1. The second-order valence-electron chi connectivity index (χ2n) is 4.61. The van der Waals surface area contributed by atoms with Crippen molar-refractivity contribution in [2.75, 3.05) is 6.61 Å². The van der Waals surface area contributed by atoms with E-state index in [0.717, 1.165) is 25.7 Å². The lowest BCUT2D eigenvalue weighted by molar-refractivity contribution is -0.384. The van der Waals surface area contributed by atoms with Crippen LogP contribution in [0.3, 0.4) is 0 Å². The molecule has 2 rings (SSSR count). The first-order valence-electron chi connectivity index (χ1n) is 5.75. The average molecular weight is 236 g/mol. The van der Waals surface area contributed by atoms with Crippen LogP contribution in [-0.4, -0.2) is 17.1 Å². The molecule has 92 valence electrons. The van der Waals surface area contributed by atoms with Gasteiger partial charge in [-0.05, 0) is 25.0 Å². The quantitative estimate of drug-likeness (QED) is 0.642. The van der Waals surface area contributed by atoms with Gasteiger partial charge in [0.15, 0.2) is 0 Å². The Hall–Kier alpha value is -1.62. The summed E-state index contributed by atoms with van der Waals surface area (Å²) in [4.78, 5) is 10.0. The van der Waals surface area contributed by atoms with E-state index < -0.39 is 4.92 Å². The molecule has 17 heavy (non-hydrogen) atoms. The smallest absolute Gasteiger partial charge is 0.269 e. The summed E-state index contributed by atoms with van der Waals surface area (Å²) in [6.45, 7) is 0.477. The molecule has 0 unspecified atom stereocenters. The number of ether oxygens (including phenoxy) is 1. The maximum atomic E-state index is 10.5. The summed E-state index contributed by atoms with van der Waals surface area (Å²) in [7, 11) is 0. The first kappa shape index (κ1) is 11.9. The van der Waals surface area contributed by atoms with Crippen LogP contribution >= 0.6 is 0 Å². The second-order valence-corrected chi connectivity index (χ2v) is 4.61. The number of benzene rings is 1. The molecule has 1 aliphatic rings. The van der Waals surface area contributed by atoms with E-state index in [1.807, 2.05) is 0 Å². The van der Waals surface area contributed by atoms with Gasteiger partial charge in [-0.1, -0.05) is 12.8 Å². The predicted molar refractivity (Wildman–Crippen MR) is 64.0 cm³/mol. The van der Waals surface area contributed by atoms with Gasteiger partial charge < -0.3 is 10.5 Å². The van der Waals surface area contributed by atoms with Gasteiger partial charge in [0.2, 0.25) is 0 Å². The third-order valence-corrected chi connectivity index (χ3v) is 3.17. The molecule has 0 saturated heterocycles. The molecule has 0 amide bonds. The van der Waals surface area contributed by atoms with Crippen molar-refractivity contribution in [3.63, 3.8) is 0 Å². The van der Waals surface area contributed by atoms with E-state index in [4.69, 9.17) is 10.5 Å². The van der Waals surface area contributed by atoms with Crippen LogP contribution in [0.5, 0.6) is 5.75 Å². The van der Waals surface area contributed by atoms with Crippen molar-refractivity contribution in [2.45, 2.75) is 31.2 Å². The summed E-state index contributed by atoms with van der Waals surface area (Å²) in [5, 5.41) is 10.5. The van der Waals surface area contributed by atoms with Crippen molar-refractivity contribution >= 4 is 5.69 Å². The highest BCUT2D eigenvalue weighted by Gasteiger charge is 2.30. The van der Waals surface area contributed by atoms with Gasteiger partial charge in [0.05, 0.1) is 10.5 Å². The zero-order chi connectivity index (χ0) is 12.3. The highest BCUT2D eigenvalue weighted by Crippen LogP contribution is 2.28. The number of rotatable bonds is 4. The van der Waals surface area contributed by atoms with Crippen LogP contribution < -0.4 is 10.5 Å².